The second-order valence-electron chi connectivity index (χ2n) is 5.63. The highest BCUT2D eigenvalue weighted by Crippen LogP contribution is 2.32. The Morgan fingerprint density at radius 2 is 2.32 bits per heavy atom. The molecule has 118 valence electrons. The summed E-state index contributed by atoms with van der Waals surface area (Å²) in [6.45, 7) is 3.80. The summed E-state index contributed by atoms with van der Waals surface area (Å²) in [5.41, 5.74) is 0.768. The van der Waals surface area contributed by atoms with Gasteiger partial charge in [-0.05, 0) is 32.8 Å². The Morgan fingerprint density at radius 3 is 2.95 bits per heavy atom. The van der Waals surface area contributed by atoms with Crippen LogP contribution in [0, 0.1) is 6.92 Å². The van der Waals surface area contributed by atoms with E-state index in [4.69, 9.17) is 4.74 Å². The van der Waals surface area contributed by atoms with Gasteiger partial charge in [0.05, 0.1) is 11.7 Å². The first kappa shape index (κ1) is 15.2. The molecule has 0 aliphatic heterocycles. The molecule has 0 aromatic carbocycles. The van der Waals surface area contributed by atoms with E-state index in [2.05, 4.69) is 15.4 Å². The van der Waals surface area contributed by atoms with Crippen molar-refractivity contribution in [1.82, 2.24) is 20.1 Å². The van der Waals surface area contributed by atoms with Gasteiger partial charge in [0.15, 0.2) is 0 Å². The van der Waals surface area contributed by atoms with Crippen LogP contribution in [0.3, 0.4) is 0 Å². The van der Waals surface area contributed by atoms with Crippen molar-refractivity contribution in [3.05, 3.63) is 34.0 Å². The summed E-state index contributed by atoms with van der Waals surface area (Å²) in [6, 6.07) is 2.53. The third-order valence-corrected chi connectivity index (χ3v) is 5.39. The van der Waals surface area contributed by atoms with Gasteiger partial charge in [0.25, 0.3) is 5.91 Å². The van der Waals surface area contributed by atoms with Gasteiger partial charge in [-0.1, -0.05) is 0 Å². The van der Waals surface area contributed by atoms with Crippen molar-refractivity contribution >= 4 is 17.2 Å². The fraction of sp³-hybridized carbons (Fsp3) is 0.533. The molecule has 0 saturated heterocycles. The number of hydrogen-bond acceptors (Lipinski definition) is 5. The second kappa shape index (κ2) is 6.18. The van der Waals surface area contributed by atoms with Crippen LogP contribution in [-0.4, -0.2) is 33.8 Å². The first-order valence-electron chi connectivity index (χ1n) is 7.38. The fourth-order valence-electron chi connectivity index (χ4n) is 2.57. The molecule has 1 N–H and O–H groups in total. The molecule has 1 unspecified atom stereocenters. The number of aromatic nitrogens is 3. The normalized spacial score (nSPS) is 22.1. The number of methoxy groups -OCH3 is 1. The molecule has 3 rings (SSSR count). The van der Waals surface area contributed by atoms with Gasteiger partial charge in [-0.2, -0.15) is 5.10 Å². The van der Waals surface area contributed by atoms with E-state index < -0.39 is 0 Å². The molecule has 2 heterocycles. The number of ether oxygens (including phenoxy) is 1. The minimum Gasteiger partial charge on any atom is -0.375 e. The molecule has 1 aliphatic rings. The number of aryl methyl sites for hydroxylation is 1. The Kier molecular flexibility index (Phi) is 4.26. The minimum absolute atomic E-state index is 0.0338. The summed E-state index contributed by atoms with van der Waals surface area (Å²) in [4.78, 5) is 17.5. The molecule has 1 amide bonds. The van der Waals surface area contributed by atoms with Crippen LogP contribution >= 0.6 is 11.3 Å². The number of carbonyl (C=O) groups is 1. The van der Waals surface area contributed by atoms with Crippen LogP contribution in [0.4, 0.5) is 0 Å². The van der Waals surface area contributed by atoms with E-state index in [0.29, 0.717) is 10.9 Å². The van der Waals surface area contributed by atoms with Crippen LogP contribution < -0.4 is 5.32 Å². The average Bonchev–Trinajstić information content (AvgIpc) is 3.10. The molecular formula is C15H20N4O2S. The average molecular weight is 320 g/mol. The topological polar surface area (TPSA) is 69.0 Å². The maximum atomic E-state index is 12.4. The van der Waals surface area contributed by atoms with Crippen molar-refractivity contribution in [2.75, 3.05) is 7.11 Å². The van der Waals surface area contributed by atoms with Crippen LogP contribution in [0.5, 0.6) is 0 Å². The van der Waals surface area contributed by atoms with E-state index in [9.17, 15) is 4.79 Å². The zero-order chi connectivity index (χ0) is 15.7. The molecular weight excluding hydrogens is 300 g/mol. The van der Waals surface area contributed by atoms with E-state index in [1.807, 2.05) is 30.8 Å². The van der Waals surface area contributed by atoms with Gasteiger partial charge in [-0.25, -0.2) is 4.98 Å². The molecule has 6 nitrogen and oxygen atoms in total. The molecule has 2 aromatic rings. The third kappa shape index (κ3) is 2.91. The van der Waals surface area contributed by atoms with Crippen LogP contribution in [0.2, 0.25) is 0 Å². The van der Waals surface area contributed by atoms with Crippen molar-refractivity contribution in [2.24, 2.45) is 0 Å². The molecule has 1 aliphatic carbocycles. The summed E-state index contributed by atoms with van der Waals surface area (Å²) in [5, 5.41) is 8.16. The Labute approximate surface area is 133 Å². The fourth-order valence-corrected chi connectivity index (χ4v) is 3.57. The number of amides is 1. The highest BCUT2D eigenvalue weighted by atomic mass is 32.1. The minimum atomic E-state index is -0.0850. The van der Waals surface area contributed by atoms with Crippen molar-refractivity contribution in [2.45, 2.75) is 44.9 Å². The van der Waals surface area contributed by atoms with Crippen molar-refractivity contribution in [3.8, 4) is 0 Å². The predicted molar refractivity (Wildman–Crippen MR) is 84.0 cm³/mol. The molecule has 0 bridgehead atoms. The number of hydrogen-bond donors (Lipinski definition) is 1. The predicted octanol–water partition coefficient (Wildman–Crippen LogP) is 2.49. The Morgan fingerprint density at radius 1 is 1.55 bits per heavy atom. The van der Waals surface area contributed by atoms with Crippen molar-refractivity contribution in [1.29, 1.82) is 0 Å². The second-order valence-corrected chi connectivity index (χ2v) is 6.66. The monoisotopic (exact) mass is 320 g/mol. The molecule has 1 atom stereocenters. The van der Waals surface area contributed by atoms with Gasteiger partial charge in [0.1, 0.15) is 16.0 Å². The van der Waals surface area contributed by atoms with Gasteiger partial charge in [0.2, 0.25) is 0 Å². The van der Waals surface area contributed by atoms with Crippen molar-refractivity contribution < 1.29 is 9.53 Å². The molecule has 7 heteroatoms. The highest BCUT2D eigenvalue weighted by molar-refractivity contribution is 7.13. The number of carbonyl (C=O) groups excluding carboxylic acids is 1. The van der Waals surface area contributed by atoms with Gasteiger partial charge < -0.3 is 10.1 Å². The zero-order valence-corrected chi connectivity index (χ0v) is 13.8. The maximum absolute atomic E-state index is 12.4. The lowest BCUT2D eigenvalue weighted by Gasteiger charge is -2.35. The molecule has 0 spiro atoms. The van der Waals surface area contributed by atoms with Gasteiger partial charge in [-0.3, -0.25) is 9.48 Å². The Balaban J connectivity index is 1.58. The largest absolute Gasteiger partial charge is 0.375 e. The van der Waals surface area contributed by atoms with Crippen LogP contribution in [0.1, 0.15) is 52.3 Å². The maximum Gasteiger partial charge on any atom is 0.263 e. The van der Waals surface area contributed by atoms with Gasteiger partial charge in [0, 0.05) is 25.5 Å². The molecule has 22 heavy (non-hydrogen) atoms. The molecule has 1 fully saturated rings. The SMILES string of the molecule is COC(C)c1nc(C)c(C(=O)NC2CC(n3cccn3)C2)s1. The number of thiazole rings is 1. The summed E-state index contributed by atoms with van der Waals surface area (Å²) < 4.78 is 7.22. The summed E-state index contributed by atoms with van der Waals surface area (Å²) in [7, 11) is 1.64. The summed E-state index contributed by atoms with van der Waals surface area (Å²) in [5.74, 6) is -0.0338. The van der Waals surface area contributed by atoms with E-state index in [1.54, 1.807) is 13.3 Å². The van der Waals surface area contributed by atoms with E-state index in [1.165, 1.54) is 11.3 Å². The van der Waals surface area contributed by atoms with Gasteiger partial charge in [-0.15, -0.1) is 11.3 Å². The quantitative estimate of drug-likeness (QED) is 0.919. The Bertz CT molecular complexity index is 647. The standard InChI is InChI=1S/C15H20N4O2S/c1-9-13(22-15(17-9)10(2)21-3)14(20)18-11-7-12(8-11)19-6-4-5-16-19/h4-6,10-12H,7-8H2,1-3H3,(H,18,20). The lowest BCUT2D eigenvalue weighted by Crippen LogP contribution is -2.45. The molecule has 2 aromatic heterocycles. The first-order chi connectivity index (χ1) is 10.6. The lowest BCUT2D eigenvalue weighted by atomic mass is 9.87. The van der Waals surface area contributed by atoms with E-state index in [-0.39, 0.29) is 18.1 Å². The number of nitrogens with zero attached hydrogens (tertiary/aromatic N) is 3. The van der Waals surface area contributed by atoms with Crippen LogP contribution in [-0.2, 0) is 4.74 Å². The van der Waals surface area contributed by atoms with Crippen LogP contribution in [0.25, 0.3) is 0 Å². The smallest absolute Gasteiger partial charge is 0.263 e. The number of nitrogens with one attached hydrogen (secondary N) is 1. The highest BCUT2D eigenvalue weighted by Gasteiger charge is 2.32. The first-order valence-corrected chi connectivity index (χ1v) is 8.20. The molecule has 0 radical (unpaired) electrons. The third-order valence-electron chi connectivity index (χ3n) is 4.07. The van der Waals surface area contributed by atoms with E-state index in [0.717, 1.165) is 23.5 Å². The van der Waals surface area contributed by atoms with Gasteiger partial charge >= 0.3 is 0 Å². The Hall–Kier alpha value is -1.73. The van der Waals surface area contributed by atoms with Crippen LogP contribution in [0.15, 0.2) is 18.5 Å². The van der Waals surface area contributed by atoms with Crippen molar-refractivity contribution in [3.63, 3.8) is 0 Å². The lowest BCUT2D eigenvalue weighted by molar-refractivity contribution is 0.0892. The summed E-state index contributed by atoms with van der Waals surface area (Å²) >= 11 is 1.41. The number of rotatable bonds is 5. The molecule has 1 saturated carbocycles. The zero-order valence-electron chi connectivity index (χ0n) is 12.9. The van der Waals surface area contributed by atoms with E-state index >= 15 is 0 Å². The summed E-state index contributed by atoms with van der Waals surface area (Å²) in [6.07, 6.45) is 5.51.